The maximum absolute atomic E-state index is 4.19. The van der Waals surface area contributed by atoms with Gasteiger partial charge in [-0.05, 0) is 52.7 Å². The van der Waals surface area contributed by atoms with E-state index >= 15 is 0 Å². The zero-order valence-electron chi connectivity index (χ0n) is 12.4. The highest BCUT2D eigenvalue weighted by atomic mass is 15.2. The Hall–Kier alpha value is -0.870. The number of nitrogens with zero attached hydrogens (tertiary/aromatic N) is 3. The van der Waals surface area contributed by atoms with Gasteiger partial charge in [-0.25, -0.2) is 4.98 Å². The SMILES string of the molecule is CCn1cncc1CNCCCN1CCCCC1C. The number of imidazole rings is 1. The first-order valence-corrected chi connectivity index (χ1v) is 7.75. The minimum atomic E-state index is 0.787. The quantitative estimate of drug-likeness (QED) is 0.767. The Kier molecular flexibility index (Phi) is 5.86. The van der Waals surface area contributed by atoms with Crippen molar-refractivity contribution in [2.75, 3.05) is 19.6 Å². The Bertz CT molecular complexity index is 361. The average molecular weight is 264 g/mol. The minimum Gasteiger partial charge on any atom is -0.334 e. The predicted molar refractivity (Wildman–Crippen MR) is 79.1 cm³/mol. The summed E-state index contributed by atoms with van der Waals surface area (Å²) in [6.45, 7) is 10.1. The lowest BCUT2D eigenvalue weighted by Crippen LogP contribution is -2.38. The van der Waals surface area contributed by atoms with Gasteiger partial charge in [-0.15, -0.1) is 0 Å². The molecule has 1 aliphatic heterocycles. The molecule has 1 fully saturated rings. The number of hydrogen-bond acceptors (Lipinski definition) is 3. The highest BCUT2D eigenvalue weighted by molar-refractivity contribution is 4.97. The summed E-state index contributed by atoms with van der Waals surface area (Å²) >= 11 is 0. The molecule has 2 heterocycles. The van der Waals surface area contributed by atoms with Gasteiger partial charge >= 0.3 is 0 Å². The van der Waals surface area contributed by atoms with Gasteiger partial charge in [0.2, 0.25) is 0 Å². The van der Waals surface area contributed by atoms with Crippen molar-refractivity contribution in [1.29, 1.82) is 0 Å². The van der Waals surface area contributed by atoms with Crippen LogP contribution in [0.4, 0.5) is 0 Å². The molecule has 108 valence electrons. The number of aryl methyl sites for hydroxylation is 1. The standard InChI is InChI=1S/C15H28N4/c1-3-18-13-17-12-15(18)11-16-8-6-10-19-9-5-4-7-14(19)2/h12-14,16H,3-11H2,1-2H3. The van der Waals surface area contributed by atoms with Crippen LogP contribution < -0.4 is 5.32 Å². The van der Waals surface area contributed by atoms with Crippen molar-refractivity contribution >= 4 is 0 Å². The minimum absolute atomic E-state index is 0.787. The first kappa shape index (κ1) is 14.5. The van der Waals surface area contributed by atoms with Crippen LogP contribution in [0.15, 0.2) is 12.5 Å². The van der Waals surface area contributed by atoms with Crippen LogP contribution in [0.3, 0.4) is 0 Å². The predicted octanol–water partition coefficient (Wildman–Crippen LogP) is 2.26. The van der Waals surface area contributed by atoms with Crippen LogP contribution >= 0.6 is 0 Å². The van der Waals surface area contributed by atoms with Gasteiger partial charge in [0.15, 0.2) is 0 Å². The van der Waals surface area contributed by atoms with Crippen LogP contribution in [0.1, 0.15) is 45.2 Å². The summed E-state index contributed by atoms with van der Waals surface area (Å²) in [5.74, 6) is 0. The molecule has 1 unspecified atom stereocenters. The first-order valence-electron chi connectivity index (χ1n) is 7.75. The maximum Gasteiger partial charge on any atom is 0.0948 e. The molecule has 0 bridgehead atoms. The lowest BCUT2D eigenvalue weighted by atomic mass is 10.0. The lowest BCUT2D eigenvalue weighted by molar-refractivity contribution is 0.159. The molecule has 1 aromatic heterocycles. The Morgan fingerprint density at radius 1 is 1.42 bits per heavy atom. The first-order chi connectivity index (χ1) is 9.31. The van der Waals surface area contributed by atoms with Crippen LogP contribution in [0.25, 0.3) is 0 Å². The fourth-order valence-electron chi connectivity index (χ4n) is 2.89. The number of nitrogens with one attached hydrogen (secondary N) is 1. The van der Waals surface area contributed by atoms with E-state index in [0.29, 0.717) is 0 Å². The normalized spacial score (nSPS) is 20.8. The van der Waals surface area contributed by atoms with Crippen LogP contribution in [0, 0.1) is 0 Å². The van der Waals surface area contributed by atoms with Crippen LogP contribution in [0.2, 0.25) is 0 Å². The van der Waals surface area contributed by atoms with Gasteiger partial charge in [0, 0.05) is 25.3 Å². The van der Waals surface area contributed by atoms with Crippen LogP contribution in [-0.2, 0) is 13.1 Å². The topological polar surface area (TPSA) is 33.1 Å². The Labute approximate surface area is 117 Å². The van der Waals surface area contributed by atoms with Crippen molar-refractivity contribution in [3.8, 4) is 0 Å². The molecule has 1 aromatic rings. The molecule has 4 nitrogen and oxygen atoms in total. The summed E-state index contributed by atoms with van der Waals surface area (Å²) in [7, 11) is 0. The number of hydrogen-bond donors (Lipinski definition) is 1. The van der Waals surface area contributed by atoms with Gasteiger partial charge in [0.05, 0.1) is 12.0 Å². The molecular formula is C15H28N4. The van der Waals surface area contributed by atoms with Gasteiger partial charge in [-0.1, -0.05) is 6.42 Å². The highest BCUT2D eigenvalue weighted by Crippen LogP contribution is 2.16. The monoisotopic (exact) mass is 264 g/mol. The van der Waals surface area contributed by atoms with E-state index in [1.165, 1.54) is 44.5 Å². The molecule has 0 amide bonds. The molecule has 1 atom stereocenters. The molecule has 0 saturated carbocycles. The molecule has 0 radical (unpaired) electrons. The molecule has 1 aliphatic rings. The Balaban J connectivity index is 1.59. The molecule has 1 N–H and O–H groups in total. The Morgan fingerprint density at radius 3 is 3.11 bits per heavy atom. The summed E-state index contributed by atoms with van der Waals surface area (Å²) in [5.41, 5.74) is 1.29. The third-order valence-electron chi connectivity index (χ3n) is 4.18. The molecule has 0 spiro atoms. The number of aromatic nitrogens is 2. The fraction of sp³-hybridized carbons (Fsp3) is 0.800. The molecule has 4 heteroatoms. The second-order valence-electron chi connectivity index (χ2n) is 5.58. The number of piperidine rings is 1. The summed E-state index contributed by atoms with van der Waals surface area (Å²) < 4.78 is 2.19. The van der Waals surface area contributed by atoms with Crippen molar-refractivity contribution in [2.45, 2.75) is 58.7 Å². The summed E-state index contributed by atoms with van der Waals surface area (Å²) in [4.78, 5) is 6.83. The van der Waals surface area contributed by atoms with E-state index in [0.717, 1.165) is 25.7 Å². The average Bonchev–Trinajstić information content (AvgIpc) is 2.88. The van der Waals surface area contributed by atoms with E-state index in [4.69, 9.17) is 0 Å². The highest BCUT2D eigenvalue weighted by Gasteiger charge is 2.16. The third kappa shape index (κ3) is 4.32. The van der Waals surface area contributed by atoms with Gasteiger partial charge < -0.3 is 14.8 Å². The van der Waals surface area contributed by atoms with Crippen molar-refractivity contribution < 1.29 is 0 Å². The second kappa shape index (κ2) is 7.65. The van der Waals surface area contributed by atoms with Gasteiger partial charge in [0.1, 0.15) is 0 Å². The Morgan fingerprint density at radius 2 is 2.32 bits per heavy atom. The van der Waals surface area contributed by atoms with Crippen molar-refractivity contribution in [2.24, 2.45) is 0 Å². The molecule has 0 aromatic carbocycles. The van der Waals surface area contributed by atoms with Gasteiger partial charge in [-0.2, -0.15) is 0 Å². The van der Waals surface area contributed by atoms with Gasteiger partial charge in [-0.3, -0.25) is 0 Å². The summed E-state index contributed by atoms with van der Waals surface area (Å²) in [6.07, 6.45) is 9.29. The van der Waals surface area contributed by atoms with E-state index in [1.807, 2.05) is 12.5 Å². The molecule has 0 aliphatic carbocycles. The van der Waals surface area contributed by atoms with Crippen molar-refractivity contribution in [1.82, 2.24) is 19.8 Å². The fourth-order valence-corrected chi connectivity index (χ4v) is 2.89. The van der Waals surface area contributed by atoms with Crippen LogP contribution in [-0.4, -0.2) is 40.1 Å². The van der Waals surface area contributed by atoms with E-state index in [2.05, 4.69) is 33.6 Å². The summed E-state index contributed by atoms with van der Waals surface area (Å²) in [6, 6.07) is 0.787. The van der Waals surface area contributed by atoms with E-state index in [-0.39, 0.29) is 0 Å². The molecular weight excluding hydrogens is 236 g/mol. The number of rotatable bonds is 7. The zero-order chi connectivity index (χ0) is 13.5. The van der Waals surface area contributed by atoms with E-state index in [9.17, 15) is 0 Å². The molecule has 19 heavy (non-hydrogen) atoms. The largest absolute Gasteiger partial charge is 0.334 e. The van der Waals surface area contributed by atoms with Crippen LogP contribution in [0.5, 0.6) is 0 Å². The zero-order valence-corrected chi connectivity index (χ0v) is 12.4. The molecule has 1 saturated heterocycles. The van der Waals surface area contributed by atoms with E-state index in [1.54, 1.807) is 0 Å². The summed E-state index contributed by atoms with van der Waals surface area (Å²) in [5, 5.41) is 3.53. The lowest BCUT2D eigenvalue weighted by Gasteiger charge is -2.33. The maximum atomic E-state index is 4.19. The second-order valence-corrected chi connectivity index (χ2v) is 5.58. The van der Waals surface area contributed by atoms with Crippen molar-refractivity contribution in [3.05, 3.63) is 18.2 Å². The van der Waals surface area contributed by atoms with Gasteiger partial charge in [0.25, 0.3) is 0 Å². The number of likely N-dealkylation sites (tertiary alicyclic amines) is 1. The smallest absolute Gasteiger partial charge is 0.0948 e. The third-order valence-corrected chi connectivity index (χ3v) is 4.18. The van der Waals surface area contributed by atoms with Crippen molar-refractivity contribution in [3.63, 3.8) is 0 Å². The van der Waals surface area contributed by atoms with E-state index < -0.39 is 0 Å². The molecule has 2 rings (SSSR count).